The molecule has 1 saturated heterocycles. The van der Waals surface area contributed by atoms with E-state index in [0.29, 0.717) is 6.54 Å². The van der Waals surface area contributed by atoms with Crippen molar-refractivity contribution in [3.63, 3.8) is 0 Å². The third kappa shape index (κ3) is 3.15. The zero-order valence-corrected chi connectivity index (χ0v) is 14.6. The van der Waals surface area contributed by atoms with Crippen molar-refractivity contribution in [2.45, 2.75) is 32.6 Å². The molecule has 2 heterocycles. The number of nitrogens with one attached hydrogen (secondary N) is 1. The summed E-state index contributed by atoms with van der Waals surface area (Å²) in [6, 6.07) is 5.82. The van der Waals surface area contributed by atoms with E-state index in [-0.39, 0.29) is 23.7 Å². The topological polar surface area (TPSA) is 62.3 Å². The molecule has 1 aliphatic carbocycles. The van der Waals surface area contributed by atoms with Crippen molar-refractivity contribution in [2.75, 3.05) is 18.4 Å². The Bertz CT molecular complexity index is 797. The molecule has 1 aromatic heterocycles. The number of rotatable bonds is 3. The predicted octanol–water partition coefficient (Wildman–Crippen LogP) is 3.19. The van der Waals surface area contributed by atoms with Crippen LogP contribution >= 0.6 is 11.3 Å². The second-order valence-corrected chi connectivity index (χ2v) is 8.04. The Morgan fingerprint density at radius 3 is 2.88 bits per heavy atom. The molecule has 2 fully saturated rings. The first kappa shape index (κ1) is 15.6. The summed E-state index contributed by atoms with van der Waals surface area (Å²) in [6.07, 6.45) is 3.78. The molecule has 2 amide bonds. The third-order valence-electron chi connectivity index (χ3n) is 4.79. The molecule has 1 unspecified atom stereocenters. The van der Waals surface area contributed by atoms with Crippen molar-refractivity contribution in [3.05, 3.63) is 23.2 Å². The summed E-state index contributed by atoms with van der Waals surface area (Å²) < 4.78 is 1.08. The fourth-order valence-electron chi connectivity index (χ4n) is 3.34. The number of anilines is 1. The van der Waals surface area contributed by atoms with Gasteiger partial charge in [0.15, 0.2) is 0 Å². The van der Waals surface area contributed by atoms with E-state index in [9.17, 15) is 9.59 Å². The van der Waals surface area contributed by atoms with Crippen LogP contribution in [0.15, 0.2) is 18.2 Å². The average Bonchev–Trinajstić information content (AvgIpc) is 3.36. The maximum Gasteiger partial charge on any atom is 0.229 e. The second kappa shape index (κ2) is 6.16. The molecule has 2 aliphatic rings. The first-order valence-electron chi connectivity index (χ1n) is 8.57. The molecular weight excluding hydrogens is 322 g/mol. The highest BCUT2D eigenvalue weighted by molar-refractivity contribution is 7.18. The van der Waals surface area contributed by atoms with Gasteiger partial charge < -0.3 is 10.2 Å². The summed E-state index contributed by atoms with van der Waals surface area (Å²) in [4.78, 5) is 31.2. The number of hydrogen-bond donors (Lipinski definition) is 1. The molecule has 2 aromatic rings. The van der Waals surface area contributed by atoms with Gasteiger partial charge in [-0.3, -0.25) is 9.59 Å². The third-order valence-corrected chi connectivity index (χ3v) is 5.73. The van der Waals surface area contributed by atoms with Crippen molar-refractivity contribution in [2.24, 2.45) is 11.8 Å². The SMILES string of the molecule is Cc1nc2ccc(NC(=O)C3CCCN(C(=O)C4CC4)C3)cc2s1. The Hall–Kier alpha value is -1.95. The lowest BCUT2D eigenvalue weighted by Gasteiger charge is -2.32. The van der Waals surface area contributed by atoms with Gasteiger partial charge in [-0.2, -0.15) is 0 Å². The van der Waals surface area contributed by atoms with E-state index in [4.69, 9.17) is 0 Å². The number of piperidine rings is 1. The summed E-state index contributed by atoms with van der Waals surface area (Å²) in [5.74, 6) is 0.377. The van der Waals surface area contributed by atoms with Gasteiger partial charge >= 0.3 is 0 Å². The van der Waals surface area contributed by atoms with Crippen molar-refractivity contribution in [3.8, 4) is 0 Å². The molecule has 5 nitrogen and oxygen atoms in total. The Morgan fingerprint density at radius 1 is 1.25 bits per heavy atom. The number of aryl methyl sites for hydroxylation is 1. The summed E-state index contributed by atoms with van der Waals surface area (Å²) in [6.45, 7) is 3.34. The number of likely N-dealkylation sites (tertiary alicyclic amines) is 1. The van der Waals surface area contributed by atoms with Crippen LogP contribution < -0.4 is 5.32 Å². The fourth-order valence-corrected chi connectivity index (χ4v) is 4.21. The average molecular weight is 343 g/mol. The van der Waals surface area contributed by atoms with Crippen molar-refractivity contribution in [1.29, 1.82) is 0 Å². The molecule has 0 bridgehead atoms. The molecule has 4 rings (SSSR count). The van der Waals surface area contributed by atoms with Crippen LogP contribution in [0, 0.1) is 18.8 Å². The maximum atomic E-state index is 12.6. The molecule has 0 radical (unpaired) electrons. The van der Waals surface area contributed by atoms with E-state index in [1.165, 1.54) is 0 Å². The molecule has 1 saturated carbocycles. The smallest absolute Gasteiger partial charge is 0.229 e. The van der Waals surface area contributed by atoms with Crippen molar-refractivity contribution in [1.82, 2.24) is 9.88 Å². The van der Waals surface area contributed by atoms with E-state index >= 15 is 0 Å². The molecule has 1 N–H and O–H groups in total. The van der Waals surface area contributed by atoms with Crippen LogP contribution in [0.2, 0.25) is 0 Å². The number of amides is 2. The van der Waals surface area contributed by atoms with Crippen molar-refractivity contribution >= 4 is 39.1 Å². The summed E-state index contributed by atoms with van der Waals surface area (Å²) >= 11 is 1.63. The minimum atomic E-state index is -0.111. The number of carbonyl (C=O) groups is 2. The molecule has 126 valence electrons. The summed E-state index contributed by atoms with van der Waals surface area (Å²) in [5, 5.41) is 4.04. The molecule has 1 aromatic carbocycles. The van der Waals surface area contributed by atoms with Crippen LogP contribution in [0.4, 0.5) is 5.69 Å². The largest absolute Gasteiger partial charge is 0.342 e. The van der Waals surface area contributed by atoms with Gasteiger partial charge in [0.2, 0.25) is 11.8 Å². The molecule has 24 heavy (non-hydrogen) atoms. The number of thiazole rings is 1. The highest BCUT2D eigenvalue weighted by Gasteiger charge is 2.36. The molecular formula is C18H21N3O2S. The van der Waals surface area contributed by atoms with E-state index in [2.05, 4.69) is 10.3 Å². The van der Waals surface area contributed by atoms with E-state index in [1.54, 1.807) is 11.3 Å². The Labute approximate surface area is 145 Å². The van der Waals surface area contributed by atoms with Gasteiger partial charge in [0.1, 0.15) is 0 Å². The zero-order chi connectivity index (χ0) is 16.7. The first-order chi connectivity index (χ1) is 11.6. The lowest BCUT2D eigenvalue weighted by atomic mass is 9.96. The minimum absolute atomic E-state index is 0.0175. The zero-order valence-electron chi connectivity index (χ0n) is 13.7. The highest BCUT2D eigenvalue weighted by atomic mass is 32.1. The van der Waals surface area contributed by atoms with E-state index in [1.807, 2.05) is 30.0 Å². The van der Waals surface area contributed by atoms with Crippen LogP contribution in [-0.2, 0) is 9.59 Å². The molecule has 1 aliphatic heterocycles. The number of aromatic nitrogens is 1. The van der Waals surface area contributed by atoms with Gasteiger partial charge in [0, 0.05) is 24.7 Å². The number of benzene rings is 1. The van der Waals surface area contributed by atoms with Crippen LogP contribution in [0.3, 0.4) is 0 Å². The fraction of sp³-hybridized carbons (Fsp3) is 0.500. The number of hydrogen-bond acceptors (Lipinski definition) is 4. The van der Waals surface area contributed by atoms with E-state index < -0.39 is 0 Å². The Morgan fingerprint density at radius 2 is 2.08 bits per heavy atom. The predicted molar refractivity (Wildman–Crippen MR) is 95.0 cm³/mol. The highest BCUT2D eigenvalue weighted by Crippen LogP contribution is 2.33. The summed E-state index contributed by atoms with van der Waals surface area (Å²) in [7, 11) is 0. The lowest BCUT2D eigenvalue weighted by Crippen LogP contribution is -2.44. The van der Waals surface area contributed by atoms with Crippen LogP contribution in [-0.4, -0.2) is 34.8 Å². The van der Waals surface area contributed by atoms with Gasteiger partial charge in [-0.1, -0.05) is 0 Å². The van der Waals surface area contributed by atoms with Gasteiger partial charge in [0.25, 0.3) is 0 Å². The molecule has 6 heteroatoms. The molecule has 0 spiro atoms. The van der Waals surface area contributed by atoms with Gasteiger partial charge in [0.05, 0.1) is 21.1 Å². The molecule has 1 atom stereocenters. The minimum Gasteiger partial charge on any atom is -0.342 e. The van der Waals surface area contributed by atoms with Gasteiger partial charge in [-0.25, -0.2) is 4.98 Å². The van der Waals surface area contributed by atoms with Crippen molar-refractivity contribution < 1.29 is 9.59 Å². The van der Waals surface area contributed by atoms with Gasteiger partial charge in [-0.05, 0) is 50.8 Å². The quantitative estimate of drug-likeness (QED) is 0.931. The van der Waals surface area contributed by atoms with Crippen LogP contribution in [0.5, 0.6) is 0 Å². The standard InChI is InChI=1S/C18H21N3O2S/c1-11-19-15-7-6-14(9-16(15)24-11)20-17(22)13-3-2-8-21(10-13)18(23)12-4-5-12/h6-7,9,12-13H,2-5,8,10H2,1H3,(H,20,22). The van der Waals surface area contributed by atoms with Crippen LogP contribution in [0.1, 0.15) is 30.7 Å². The Balaban J connectivity index is 1.43. The Kier molecular flexibility index (Phi) is 4.00. The lowest BCUT2D eigenvalue weighted by molar-refractivity contribution is -0.135. The monoisotopic (exact) mass is 343 g/mol. The van der Waals surface area contributed by atoms with Gasteiger partial charge in [-0.15, -0.1) is 11.3 Å². The maximum absolute atomic E-state index is 12.6. The summed E-state index contributed by atoms with van der Waals surface area (Å²) in [5.41, 5.74) is 1.77. The second-order valence-electron chi connectivity index (χ2n) is 6.80. The normalized spacial score (nSPS) is 21.0. The first-order valence-corrected chi connectivity index (χ1v) is 9.38. The van der Waals surface area contributed by atoms with Crippen LogP contribution in [0.25, 0.3) is 10.2 Å². The van der Waals surface area contributed by atoms with E-state index in [0.717, 1.165) is 53.1 Å². The number of carbonyl (C=O) groups excluding carboxylic acids is 2. The number of nitrogens with zero attached hydrogens (tertiary/aromatic N) is 2. The number of fused-ring (bicyclic) bond motifs is 1.